The molecule has 0 aromatic heterocycles. The van der Waals surface area contributed by atoms with E-state index in [9.17, 15) is 0 Å². The molecule has 0 amide bonds. The van der Waals surface area contributed by atoms with Crippen LogP contribution in [0, 0.1) is 28.6 Å². The highest BCUT2D eigenvalue weighted by molar-refractivity contribution is 7.80. The van der Waals surface area contributed by atoms with Crippen LogP contribution in [0.15, 0.2) is 12.2 Å². The molecular formula is C22H44S. The molecule has 4 unspecified atom stereocenters. The van der Waals surface area contributed by atoms with Crippen molar-refractivity contribution in [1.82, 2.24) is 0 Å². The summed E-state index contributed by atoms with van der Waals surface area (Å²) in [5.41, 5.74) is 2.21. The summed E-state index contributed by atoms with van der Waals surface area (Å²) in [6, 6.07) is 0. The summed E-state index contributed by atoms with van der Waals surface area (Å²) in [6.07, 6.45) is 7.92. The summed E-state index contributed by atoms with van der Waals surface area (Å²) >= 11 is 4.52. The summed E-state index contributed by atoms with van der Waals surface area (Å²) in [5, 5.41) is 0. The molecule has 0 radical (unpaired) electrons. The van der Waals surface area contributed by atoms with Gasteiger partial charge in [0.25, 0.3) is 0 Å². The molecule has 0 saturated heterocycles. The van der Waals surface area contributed by atoms with Gasteiger partial charge in [-0.1, -0.05) is 60.6 Å². The van der Waals surface area contributed by atoms with Crippen LogP contribution < -0.4 is 0 Å². The molecular weight excluding hydrogens is 296 g/mol. The van der Waals surface area contributed by atoms with Crippen molar-refractivity contribution in [3.63, 3.8) is 0 Å². The maximum atomic E-state index is 4.52. The minimum Gasteiger partial charge on any atom is -0.179 e. The van der Waals surface area contributed by atoms with E-state index < -0.39 is 0 Å². The van der Waals surface area contributed by atoms with Crippen molar-refractivity contribution in [3.05, 3.63) is 12.2 Å². The van der Waals surface area contributed by atoms with Crippen LogP contribution in [0.1, 0.15) is 93.9 Å². The Morgan fingerprint density at radius 3 is 2.09 bits per heavy atom. The van der Waals surface area contributed by atoms with Gasteiger partial charge in [0.2, 0.25) is 0 Å². The van der Waals surface area contributed by atoms with E-state index in [-0.39, 0.29) is 0 Å². The minimum absolute atomic E-state index is 0.295. The van der Waals surface area contributed by atoms with Gasteiger partial charge in [0.05, 0.1) is 0 Å². The Labute approximate surface area is 153 Å². The Morgan fingerprint density at radius 1 is 1.26 bits per heavy atom. The van der Waals surface area contributed by atoms with E-state index in [4.69, 9.17) is 0 Å². The molecule has 0 aliphatic heterocycles. The second-order valence-corrected chi connectivity index (χ2v) is 8.54. The zero-order valence-electron chi connectivity index (χ0n) is 17.3. The topological polar surface area (TPSA) is 0 Å². The van der Waals surface area contributed by atoms with Gasteiger partial charge in [-0.15, -0.1) is 0 Å². The average molecular weight is 341 g/mol. The summed E-state index contributed by atoms with van der Waals surface area (Å²) in [4.78, 5) is 0. The molecule has 0 nitrogen and oxygen atoms in total. The summed E-state index contributed by atoms with van der Waals surface area (Å²) in [7, 11) is 0. The highest BCUT2D eigenvalue weighted by Gasteiger charge is 2.43. The zero-order chi connectivity index (χ0) is 18.3. The molecule has 0 aromatic carbocycles. The molecule has 0 heterocycles. The van der Waals surface area contributed by atoms with Crippen molar-refractivity contribution in [3.8, 4) is 0 Å². The third-order valence-electron chi connectivity index (χ3n) is 7.38. The molecule has 0 aromatic rings. The molecule has 1 heteroatoms. The SMILES string of the molecule is C=C(C)C(CC)(CCS)C(C)CCC1(C)C(C)CCC1C.CC. The molecule has 1 saturated carbocycles. The molecule has 1 aliphatic carbocycles. The van der Waals surface area contributed by atoms with Crippen LogP contribution >= 0.6 is 12.6 Å². The largest absolute Gasteiger partial charge is 0.179 e. The van der Waals surface area contributed by atoms with Gasteiger partial charge in [0.15, 0.2) is 0 Å². The van der Waals surface area contributed by atoms with Crippen molar-refractivity contribution < 1.29 is 0 Å². The van der Waals surface area contributed by atoms with Crippen molar-refractivity contribution in [2.75, 3.05) is 5.75 Å². The van der Waals surface area contributed by atoms with Gasteiger partial charge < -0.3 is 0 Å². The fraction of sp³-hybridized carbons (Fsp3) is 0.909. The number of rotatable bonds is 8. The van der Waals surface area contributed by atoms with Crippen LogP contribution in [-0.4, -0.2) is 5.75 Å². The van der Waals surface area contributed by atoms with Gasteiger partial charge in [-0.3, -0.25) is 0 Å². The lowest BCUT2D eigenvalue weighted by Crippen LogP contribution is -2.33. The fourth-order valence-electron chi connectivity index (χ4n) is 4.85. The van der Waals surface area contributed by atoms with Crippen LogP contribution in [0.25, 0.3) is 0 Å². The average Bonchev–Trinajstić information content (AvgIpc) is 2.79. The Balaban J connectivity index is 0.00000232. The van der Waals surface area contributed by atoms with Crippen LogP contribution in [0.2, 0.25) is 0 Å². The fourth-order valence-corrected chi connectivity index (χ4v) is 5.25. The molecule has 0 bridgehead atoms. The van der Waals surface area contributed by atoms with E-state index in [1.165, 1.54) is 44.1 Å². The molecule has 23 heavy (non-hydrogen) atoms. The predicted octanol–water partition coefficient (Wildman–Crippen LogP) is 7.79. The second kappa shape index (κ2) is 10.2. The number of hydrogen-bond acceptors (Lipinski definition) is 1. The highest BCUT2D eigenvalue weighted by Crippen LogP contribution is 2.52. The minimum atomic E-state index is 0.295. The first-order chi connectivity index (χ1) is 10.7. The first-order valence-corrected chi connectivity index (χ1v) is 10.6. The highest BCUT2D eigenvalue weighted by atomic mass is 32.1. The maximum Gasteiger partial charge on any atom is -0.00628 e. The molecule has 1 rings (SSSR count). The molecule has 1 fully saturated rings. The van der Waals surface area contributed by atoms with E-state index in [2.05, 4.69) is 60.8 Å². The quantitative estimate of drug-likeness (QED) is 0.338. The van der Waals surface area contributed by atoms with E-state index in [0.29, 0.717) is 16.7 Å². The van der Waals surface area contributed by atoms with E-state index in [1.807, 2.05) is 13.8 Å². The van der Waals surface area contributed by atoms with Crippen LogP contribution in [0.5, 0.6) is 0 Å². The van der Waals surface area contributed by atoms with Crippen LogP contribution in [0.4, 0.5) is 0 Å². The summed E-state index contributed by atoms with van der Waals surface area (Å²) in [6.45, 7) is 22.8. The molecule has 138 valence electrons. The van der Waals surface area contributed by atoms with E-state index in [1.54, 1.807) is 0 Å². The van der Waals surface area contributed by atoms with Gasteiger partial charge in [0, 0.05) is 0 Å². The van der Waals surface area contributed by atoms with Crippen molar-refractivity contribution >= 4 is 12.6 Å². The van der Waals surface area contributed by atoms with Crippen LogP contribution in [0.3, 0.4) is 0 Å². The lowest BCUT2D eigenvalue weighted by molar-refractivity contribution is 0.120. The Morgan fingerprint density at radius 2 is 1.74 bits per heavy atom. The monoisotopic (exact) mass is 340 g/mol. The van der Waals surface area contributed by atoms with E-state index in [0.717, 1.165) is 17.6 Å². The Kier molecular flexibility index (Phi) is 10.2. The predicted molar refractivity (Wildman–Crippen MR) is 111 cm³/mol. The number of thiol groups is 1. The lowest BCUT2D eigenvalue weighted by atomic mass is 9.63. The maximum absolute atomic E-state index is 4.52. The van der Waals surface area contributed by atoms with Gasteiger partial charge >= 0.3 is 0 Å². The smallest absolute Gasteiger partial charge is 0.00628 e. The lowest BCUT2D eigenvalue weighted by Gasteiger charge is -2.42. The van der Waals surface area contributed by atoms with Crippen molar-refractivity contribution in [2.24, 2.45) is 28.6 Å². The van der Waals surface area contributed by atoms with Crippen molar-refractivity contribution in [2.45, 2.75) is 93.9 Å². The summed E-state index contributed by atoms with van der Waals surface area (Å²) < 4.78 is 0. The van der Waals surface area contributed by atoms with Gasteiger partial charge in [-0.05, 0) is 79.8 Å². The van der Waals surface area contributed by atoms with Crippen LogP contribution in [-0.2, 0) is 0 Å². The Bertz CT molecular complexity index is 336. The van der Waals surface area contributed by atoms with Gasteiger partial charge in [0.1, 0.15) is 0 Å². The zero-order valence-corrected chi connectivity index (χ0v) is 18.2. The number of hydrogen-bond donors (Lipinski definition) is 1. The first-order valence-electron chi connectivity index (χ1n) is 10.0. The molecule has 4 atom stereocenters. The molecule has 0 N–H and O–H groups in total. The number of allylic oxidation sites excluding steroid dienone is 1. The molecule has 0 spiro atoms. The van der Waals surface area contributed by atoms with Gasteiger partial charge in [-0.25, -0.2) is 0 Å². The second-order valence-electron chi connectivity index (χ2n) is 8.09. The van der Waals surface area contributed by atoms with Gasteiger partial charge in [-0.2, -0.15) is 12.6 Å². The third-order valence-corrected chi connectivity index (χ3v) is 7.61. The van der Waals surface area contributed by atoms with Crippen molar-refractivity contribution in [1.29, 1.82) is 0 Å². The third kappa shape index (κ3) is 5.03. The normalized spacial score (nSPS) is 31.0. The standard InChI is InChI=1S/C20H38S.C2H6/c1-8-20(13-14-21,15(2)3)18(6)11-12-19(7)16(4)9-10-17(19)5;1-2/h16-18,21H,2,8-14H2,1,3-7H3;1-2H3. The summed E-state index contributed by atoms with van der Waals surface area (Å²) in [5.74, 6) is 3.44. The molecule has 1 aliphatic rings. The Hall–Kier alpha value is 0.0900. The first kappa shape index (κ1) is 23.1. The van der Waals surface area contributed by atoms with E-state index >= 15 is 0 Å².